The fraction of sp³-hybridized carbons (Fsp3) is 0.286. The van der Waals surface area contributed by atoms with E-state index in [2.05, 4.69) is 17.5 Å². The Morgan fingerprint density at radius 2 is 1.88 bits per heavy atom. The first-order valence-electron chi connectivity index (χ1n) is 8.60. The lowest BCUT2D eigenvalue weighted by Crippen LogP contribution is -2.45. The summed E-state index contributed by atoms with van der Waals surface area (Å²) in [6, 6.07) is 18.5. The molecule has 5 nitrogen and oxygen atoms in total. The number of nitrogens with zero attached hydrogens (tertiary/aromatic N) is 2. The summed E-state index contributed by atoms with van der Waals surface area (Å²) in [6.07, 6.45) is 3.29. The van der Waals surface area contributed by atoms with Crippen LogP contribution < -0.4 is 10.1 Å². The van der Waals surface area contributed by atoms with E-state index in [1.54, 1.807) is 36.4 Å². The summed E-state index contributed by atoms with van der Waals surface area (Å²) in [6.45, 7) is 0.247. The molecule has 0 spiro atoms. The highest BCUT2D eigenvalue weighted by Crippen LogP contribution is 2.29. The van der Waals surface area contributed by atoms with Crippen molar-refractivity contribution in [3.8, 4) is 17.9 Å². The summed E-state index contributed by atoms with van der Waals surface area (Å²) in [5, 5.41) is 21.4. The lowest BCUT2D eigenvalue weighted by molar-refractivity contribution is 0.0920. The molecule has 0 bridgehead atoms. The third kappa shape index (κ3) is 3.84. The Kier molecular flexibility index (Phi) is 5.20. The standard InChI is InChI=1S/C21H19N3O2/c22-13-17-6-1-2-7-18(17)14-26-19-9-5-8-16(12-19)20(25)24-21(15-23)10-3-4-11-21/h1-2,5-9,12H,3-4,10-11,14H2,(H,24,25). The average molecular weight is 345 g/mol. The van der Waals surface area contributed by atoms with Crippen molar-refractivity contribution >= 4 is 5.91 Å². The highest BCUT2D eigenvalue weighted by molar-refractivity contribution is 5.95. The van der Waals surface area contributed by atoms with E-state index in [1.165, 1.54) is 0 Å². The predicted molar refractivity (Wildman–Crippen MR) is 96.2 cm³/mol. The van der Waals surface area contributed by atoms with Gasteiger partial charge >= 0.3 is 0 Å². The SMILES string of the molecule is N#Cc1ccccc1COc1cccc(C(=O)NC2(C#N)CCCC2)c1. The maximum Gasteiger partial charge on any atom is 0.252 e. The quantitative estimate of drug-likeness (QED) is 0.895. The van der Waals surface area contributed by atoms with E-state index >= 15 is 0 Å². The van der Waals surface area contributed by atoms with Gasteiger partial charge in [0.2, 0.25) is 0 Å². The number of benzene rings is 2. The zero-order valence-electron chi connectivity index (χ0n) is 14.4. The summed E-state index contributed by atoms with van der Waals surface area (Å²) in [5.41, 5.74) is 1.06. The Labute approximate surface area is 152 Å². The van der Waals surface area contributed by atoms with Crippen molar-refractivity contribution in [3.05, 3.63) is 65.2 Å². The van der Waals surface area contributed by atoms with Crippen LogP contribution >= 0.6 is 0 Å². The molecule has 3 rings (SSSR count). The van der Waals surface area contributed by atoms with Crippen LogP contribution in [0.25, 0.3) is 0 Å². The van der Waals surface area contributed by atoms with Gasteiger partial charge in [0, 0.05) is 11.1 Å². The van der Waals surface area contributed by atoms with Crippen LogP contribution in [0.3, 0.4) is 0 Å². The third-order valence-corrected chi connectivity index (χ3v) is 4.65. The van der Waals surface area contributed by atoms with Crippen LogP contribution in [0.4, 0.5) is 0 Å². The highest BCUT2D eigenvalue weighted by Gasteiger charge is 2.35. The monoisotopic (exact) mass is 345 g/mol. The van der Waals surface area contributed by atoms with Gasteiger partial charge in [-0.05, 0) is 49.9 Å². The smallest absolute Gasteiger partial charge is 0.252 e. The Morgan fingerprint density at radius 3 is 2.62 bits per heavy atom. The first-order chi connectivity index (χ1) is 12.7. The Bertz CT molecular complexity index is 887. The number of ether oxygens (including phenoxy) is 1. The fourth-order valence-electron chi connectivity index (χ4n) is 3.18. The van der Waals surface area contributed by atoms with Gasteiger partial charge in [-0.1, -0.05) is 24.3 Å². The number of carbonyl (C=O) groups is 1. The van der Waals surface area contributed by atoms with E-state index < -0.39 is 5.54 Å². The van der Waals surface area contributed by atoms with Crippen molar-refractivity contribution in [1.82, 2.24) is 5.32 Å². The molecule has 2 aromatic rings. The maximum atomic E-state index is 12.5. The lowest BCUT2D eigenvalue weighted by Gasteiger charge is -2.22. The van der Waals surface area contributed by atoms with Crippen LogP contribution in [0, 0.1) is 22.7 Å². The van der Waals surface area contributed by atoms with Gasteiger partial charge in [0.15, 0.2) is 0 Å². The molecule has 1 N–H and O–H groups in total. The normalized spacial score (nSPS) is 14.8. The van der Waals surface area contributed by atoms with Crippen molar-refractivity contribution in [1.29, 1.82) is 10.5 Å². The van der Waals surface area contributed by atoms with Gasteiger partial charge in [0.25, 0.3) is 5.91 Å². The molecule has 1 aliphatic carbocycles. The molecule has 0 heterocycles. The molecular weight excluding hydrogens is 326 g/mol. The van der Waals surface area contributed by atoms with Crippen molar-refractivity contribution < 1.29 is 9.53 Å². The molecule has 0 saturated heterocycles. The first-order valence-corrected chi connectivity index (χ1v) is 8.60. The number of amides is 1. The van der Waals surface area contributed by atoms with Crippen molar-refractivity contribution in [3.63, 3.8) is 0 Å². The van der Waals surface area contributed by atoms with E-state index in [1.807, 2.05) is 12.1 Å². The van der Waals surface area contributed by atoms with Crippen LogP contribution in [-0.2, 0) is 6.61 Å². The second kappa shape index (κ2) is 7.72. The van der Waals surface area contributed by atoms with Gasteiger partial charge in [-0.3, -0.25) is 4.79 Å². The number of nitrogens with one attached hydrogen (secondary N) is 1. The number of nitriles is 2. The Balaban J connectivity index is 1.69. The number of rotatable bonds is 5. The molecule has 0 radical (unpaired) electrons. The molecule has 1 amide bonds. The molecule has 1 saturated carbocycles. The molecule has 1 fully saturated rings. The fourth-order valence-corrected chi connectivity index (χ4v) is 3.18. The minimum absolute atomic E-state index is 0.247. The molecule has 26 heavy (non-hydrogen) atoms. The number of carbonyl (C=O) groups excluding carboxylic acids is 1. The predicted octanol–water partition coefficient (Wildman–Crippen LogP) is 3.70. The molecule has 0 aliphatic heterocycles. The second-order valence-corrected chi connectivity index (χ2v) is 6.44. The summed E-state index contributed by atoms with van der Waals surface area (Å²) >= 11 is 0. The topological polar surface area (TPSA) is 85.9 Å². The molecule has 5 heteroatoms. The second-order valence-electron chi connectivity index (χ2n) is 6.44. The number of hydrogen-bond acceptors (Lipinski definition) is 4. The maximum absolute atomic E-state index is 12.5. The van der Waals surface area contributed by atoms with Gasteiger partial charge in [-0.2, -0.15) is 10.5 Å². The van der Waals surface area contributed by atoms with Gasteiger partial charge in [0.1, 0.15) is 17.9 Å². The van der Waals surface area contributed by atoms with E-state index in [-0.39, 0.29) is 12.5 Å². The summed E-state index contributed by atoms with van der Waals surface area (Å²) in [4.78, 5) is 12.5. The summed E-state index contributed by atoms with van der Waals surface area (Å²) in [5.74, 6) is 0.277. The van der Waals surface area contributed by atoms with Gasteiger partial charge in [-0.15, -0.1) is 0 Å². The van der Waals surface area contributed by atoms with Gasteiger partial charge < -0.3 is 10.1 Å². The summed E-state index contributed by atoms with van der Waals surface area (Å²) < 4.78 is 5.75. The average Bonchev–Trinajstić information content (AvgIpc) is 3.15. The van der Waals surface area contributed by atoms with Crippen molar-refractivity contribution in [2.24, 2.45) is 0 Å². The zero-order valence-corrected chi connectivity index (χ0v) is 14.4. The van der Waals surface area contributed by atoms with Crippen molar-refractivity contribution in [2.45, 2.75) is 37.8 Å². The van der Waals surface area contributed by atoms with Gasteiger partial charge in [0.05, 0.1) is 17.7 Å². The molecular formula is C21H19N3O2. The summed E-state index contributed by atoms with van der Waals surface area (Å²) in [7, 11) is 0. The van der Waals surface area contributed by atoms with E-state index in [0.29, 0.717) is 29.7 Å². The largest absolute Gasteiger partial charge is 0.489 e. The molecule has 130 valence electrons. The molecule has 0 aromatic heterocycles. The first kappa shape index (κ1) is 17.5. The minimum atomic E-state index is -0.750. The molecule has 1 aliphatic rings. The minimum Gasteiger partial charge on any atom is -0.489 e. The molecule has 2 aromatic carbocycles. The highest BCUT2D eigenvalue weighted by atomic mass is 16.5. The molecule has 0 unspecified atom stereocenters. The van der Waals surface area contributed by atoms with E-state index in [0.717, 1.165) is 18.4 Å². The van der Waals surface area contributed by atoms with Crippen LogP contribution in [0.2, 0.25) is 0 Å². The van der Waals surface area contributed by atoms with E-state index in [4.69, 9.17) is 10.00 Å². The Hall–Kier alpha value is -3.31. The van der Waals surface area contributed by atoms with Crippen LogP contribution in [-0.4, -0.2) is 11.4 Å². The van der Waals surface area contributed by atoms with Crippen LogP contribution in [0.5, 0.6) is 5.75 Å². The van der Waals surface area contributed by atoms with E-state index in [9.17, 15) is 10.1 Å². The van der Waals surface area contributed by atoms with Crippen LogP contribution in [0.15, 0.2) is 48.5 Å². The Morgan fingerprint density at radius 1 is 1.12 bits per heavy atom. The molecule has 0 atom stereocenters. The zero-order chi connectivity index (χ0) is 18.4. The van der Waals surface area contributed by atoms with Crippen LogP contribution in [0.1, 0.15) is 47.2 Å². The third-order valence-electron chi connectivity index (χ3n) is 4.65. The van der Waals surface area contributed by atoms with Crippen molar-refractivity contribution in [2.75, 3.05) is 0 Å². The number of hydrogen-bond donors (Lipinski definition) is 1. The lowest BCUT2D eigenvalue weighted by atomic mass is 9.99. The van der Waals surface area contributed by atoms with Gasteiger partial charge in [-0.25, -0.2) is 0 Å².